The van der Waals surface area contributed by atoms with Crippen molar-refractivity contribution < 1.29 is 18.7 Å². The van der Waals surface area contributed by atoms with E-state index in [2.05, 4.69) is 5.32 Å². The average molecular weight is 353 g/mol. The van der Waals surface area contributed by atoms with Crippen LogP contribution in [0.2, 0.25) is 0 Å². The fourth-order valence-corrected chi connectivity index (χ4v) is 2.89. The van der Waals surface area contributed by atoms with Gasteiger partial charge in [0.05, 0.1) is 0 Å². The number of halogens is 2. The van der Waals surface area contributed by atoms with Crippen LogP contribution in [0.4, 0.5) is 8.78 Å². The number of hydrogen-bond acceptors (Lipinski definition) is 2. The molecule has 0 aliphatic heterocycles. The average Bonchev–Trinajstić information content (AvgIpc) is 2.68. The van der Waals surface area contributed by atoms with Gasteiger partial charge < -0.3 is 10.4 Å². The molecule has 3 rings (SSSR count). The number of nitrogens with one attached hydrogen (secondary N) is 1. The molecule has 26 heavy (non-hydrogen) atoms. The van der Waals surface area contributed by atoms with Crippen molar-refractivity contribution in [3.63, 3.8) is 0 Å². The van der Waals surface area contributed by atoms with Crippen molar-refractivity contribution in [1.29, 1.82) is 0 Å². The monoisotopic (exact) mass is 353 g/mol. The largest absolute Gasteiger partial charge is 0.376 e. The lowest BCUT2D eigenvalue weighted by atomic mass is 9.80. The summed E-state index contributed by atoms with van der Waals surface area (Å²) in [4.78, 5) is 11.7. The predicted molar refractivity (Wildman–Crippen MR) is 94.7 cm³/mol. The lowest BCUT2D eigenvalue weighted by Gasteiger charge is -2.30. The van der Waals surface area contributed by atoms with Crippen molar-refractivity contribution in [2.75, 3.05) is 7.05 Å². The van der Waals surface area contributed by atoms with Crippen LogP contribution in [-0.2, 0) is 5.60 Å². The summed E-state index contributed by atoms with van der Waals surface area (Å²) in [5, 5.41) is 14.1. The number of carbonyl (C=O) groups excluding carboxylic acids is 1. The normalized spacial score (nSPS) is 11.2. The molecule has 0 unspecified atom stereocenters. The predicted octanol–water partition coefficient (Wildman–Crippen LogP) is 3.61. The summed E-state index contributed by atoms with van der Waals surface area (Å²) in [6.07, 6.45) is 0. The highest BCUT2D eigenvalue weighted by molar-refractivity contribution is 5.94. The highest BCUT2D eigenvalue weighted by Crippen LogP contribution is 2.36. The summed E-state index contributed by atoms with van der Waals surface area (Å²) < 4.78 is 26.7. The fraction of sp³-hybridized carbons (Fsp3) is 0.0952. The maximum absolute atomic E-state index is 13.3. The molecule has 5 heteroatoms. The molecule has 0 heterocycles. The summed E-state index contributed by atoms with van der Waals surface area (Å²) in [5.41, 5.74) is 0.152. The first-order valence-electron chi connectivity index (χ1n) is 8.02. The third kappa shape index (κ3) is 3.21. The maximum Gasteiger partial charge on any atom is 0.251 e. The third-order valence-corrected chi connectivity index (χ3v) is 4.32. The molecule has 0 aliphatic rings. The van der Waals surface area contributed by atoms with Crippen LogP contribution in [0.25, 0.3) is 0 Å². The van der Waals surface area contributed by atoms with E-state index in [-0.39, 0.29) is 5.91 Å². The van der Waals surface area contributed by atoms with Gasteiger partial charge in [-0.2, -0.15) is 0 Å². The maximum atomic E-state index is 13.3. The molecule has 0 saturated heterocycles. The van der Waals surface area contributed by atoms with Crippen molar-refractivity contribution in [2.45, 2.75) is 5.60 Å². The summed E-state index contributed by atoms with van der Waals surface area (Å²) in [6.45, 7) is 0. The molecular weight excluding hydrogens is 336 g/mol. The molecule has 3 nitrogen and oxygen atoms in total. The van der Waals surface area contributed by atoms with Gasteiger partial charge in [0.2, 0.25) is 0 Å². The highest BCUT2D eigenvalue weighted by Gasteiger charge is 2.34. The Balaban J connectivity index is 2.15. The standard InChI is InChI=1S/C21H17F2NO2/c1-24-20(25)14-2-4-15(5-3-14)21(26,16-6-10-18(22)11-7-16)17-8-12-19(23)13-9-17/h2-13,26H,1H3,(H,24,25). The number of rotatable bonds is 4. The Morgan fingerprint density at radius 1 is 0.769 bits per heavy atom. The number of aliphatic hydroxyl groups is 1. The van der Waals surface area contributed by atoms with Crippen molar-refractivity contribution in [2.24, 2.45) is 0 Å². The van der Waals surface area contributed by atoms with Gasteiger partial charge >= 0.3 is 0 Å². The highest BCUT2D eigenvalue weighted by atomic mass is 19.1. The van der Waals surface area contributed by atoms with E-state index < -0.39 is 17.2 Å². The van der Waals surface area contributed by atoms with E-state index in [4.69, 9.17) is 0 Å². The van der Waals surface area contributed by atoms with Crippen LogP contribution in [0.5, 0.6) is 0 Å². The second-order valence-corrected chi connectivity index (χ2v) is 5.88. The van der Waals surface area contributed by atoms with Gasteiger partial charge in [0.25, 0.3) is 5.91 Å². The van der Waals surface area contributed by atoms with E-state index >= 15 is 0 Å². The van der Waals surface area contributed by atoms with Gasteiger partial charge in [-0.3, -0.25) is 4.79 Å². The topological polar surface area (TPSA) is 49.3 Å². The minimum Gasteiger partial charge on any atom is -0.376 e. The first-order chi connectivity index (χ1) is 12.4. The number of hydrogen-bond donors (Lipinski definition) is 2. The molecule has 0 bridgehead atoms. The molecule has 0 spiro atoms. The molecule has 2 N–H and O–H groups in total. The van der Waals surface area contributed by atoms with Crippen molar-refractivity contribution in [1.82, 2.24) is 5.32 Å². The van der Waals surface area contributed by atoms with E-state index in [1.807, 2.05) is 0 Å². The van der Waals surface area contributed by atoms with Gasteiger partial charge in [0.15, 0.2) is 0 Å². The van der Waals surface area contributed by atoms with Crippen molar-refractivity contribution in [3.8, 4) is 0 Å². The zero-order chi connectivity index (χ0) is 18.7. The molecule has 3 aromatic carbocycles. The Bertz CT molecular complexity index is 859. The Hall–Kier alpha value is -3.05. The smallest absolute Gasteiger partial charge is 0.251 e. The number of amides is 1. The fourth-order valence-electron chi connectivity index (χ4n) is 2.89. The summed E-state index contributed by atoms with van der Waals surface area (Å²) in [6, 6.07) is 17.3. The van der Waals surface area contributed by atoms with Crippen LogP contribution in [0.15, 0.2) is 72.8 Å². The van der Waals surface area contributed by atoms with Crippen molar-refractivity contribution >= 4 is 5.91 Å². The SMILES string of the molecule is CNC(=O)c1ccc(C(O)(c2ccc(F)cc2)c2ccc(F)cc2)cc1. The lowest BCUT2D eigenvalue weighted by Crippen LogP contribution is -2.29. The molecule has 0 atom stereocenters. The molecule has 0 fully saturated rings. The van der Waals surface area contributed by atoms with Gasteiger partial charge in [-0.05, 0) is 53.1 Å². The van der Waals surface area contributed by atoms with Crippen LogP contribution in [0, 0.1) is 11.6 Å². The Morgan fingerprint density at radius 2 is 1.12 bits per heavy atom. The van der Waals surface area contributed by atoms with E-state index in [0.717, 1.165) is 0 Å². The minimum absolute atomic E-state index is 0.247. The minimum atomic E-state index is -1.62. The van der Waals surface area contributed by atoms with Crippen LogP contribution in [0.1, 0.15) is 27.0 Å². The molecule has 0 aliphatic carbocycles. The molecule has 1 amide bonds. The van der Waals surface area contributed by atoms with Gasteiger partial charge in [-0.1, -0.05) is 36.4 Å². The van der Waals surface area contributed by atoms with Crippen LogP contribution >= 0.6 is 0 Å². The summed E-state index contributed by atoms with van der Waals surface area (Å²) in [5.74, 6) is -1.10. The molecular formula is C21H17F2NO2. The van der Waals surface area contributed by atoms with Crippen LogP contribution in [-0.4, -0.2) is 18.1 Å². The van der Waals surface area contributed by atoms with Crippen molar-refractivity contribution in [3.05, 3.63) is 107 Å². The second-order valence-electron chi connectivity index (χ2n) is 5.88. The zero-order valence-electron chi connectivity index (χ0n) is 14.0. The van der Waals surface area contributed by atoms with Crippen LogP contribution < -0.4 is 5.32 Å². The Kier molecular flexibility index (Phi) is 4.82. The molecule has 0 aromatic heterocycles. The van der Waals surface area contributed by atoms with E-state index in [0.29, 0.717) is 22.3 Å². The first kappa shape index (κ1) is 17.8. The molecule has 0 radical (unpaired) electrons. The summed E-state index contributed by atoms with van der Waals surface area (Å²) in [7, 11) is 1.53. The van der Waals surface area contributed by atoms with Gasteiger partial charge in [0, 0.05) is 12.6 Å². The number of carbonyl (C=O) groups is 1. The first-order valence-corrected chi connectivity index (χ1v) is 8.02. The van der Waals surface area contributed by atoms with Crippen LogP contribution in [0.3, 0.4) is 0 Å². The Labute approximate surface area is 149 Å². The lowest BCUT2D eigenvalue weighted by molar-refractivity contribution is 0.0962. The molecule has 132 valence electrons. The molecule has 3 aromatic rings. The van der Waals surface area contributed by atoms with Gasteiger partial charge in [0.1, 0.15) is 17.2 Å². The molecule has 0 saturated carbocycles. The number of benzene rings is 3. The summed E-state index contributed by atoms with van der Waals surface area (Å²) >= 11 is 0. The van der Waals surface area contributed by atoms with E-state index in [9.17, 15) is 18.7 Å². The van der Waals surface area contributed by atoms with Gasteiger partial charge in [-0.25, -0.2) is 8.78 Å². The second kappa shape index (κ2) is 7.06. The van der Waals surface area contributed by atoms with Gasteiger partial charge in [-0.15, -0.1) is 0 Å². The van der Waals surface area contributed by atoms with E-state index in [1.54, 1.807) is 24.3 Å². The Morgan fingerprint density at radius 3 is 1.46 bits per heavy atom. The van der Waals surface area contributed by atoms with E-state index in [1.165, 1.54) is 55.6 Å². The third-order valence-electron chi connectivity index (χ3n) is 4.32. The zero-order valence-corrected chi connectivity index (χ0v) is 14.0. The quantitative estimate of drug-likeness (QED) is 0.704.